The van der Waals surface area contributed by atoms with Crippen LogP contribution in [-0.4, -0.2) is 24.9 Å². The fraction of sp³-hybridized carbons (Fsp3) is 0.455. The molecule has 2 rings (SSSR count). The van der Waals surface area contributed by atoms with Gasteiger partial charge in [-0.2, -0.15) is 0 Å². The second-order valence-corrected chi connectivity index (χ2v) is 3.55. The Morgan fingerprint density at radius 1 is 1.27 bits per heavy atom. The summed E-state index contributed by atoms with van der Waals surface area (Å²) in [5, 5.41) is 8.95. The van der Waals surface area contributed by atoms with Gasteiger partial charge in [0.15, 0.2) is 11.5 Å². The Morgan fingerprint density at radius 2 is 2.00 bits per heavy atom. The zero-order valence-electron chi connectivity index (χ0n) is 8.48. The summed E-state index contributed by atoms with van der Waals surface area (Å²) in [5.41, 5.74) is 6.58. The highest BCUT2D eigenvalue weighted by molar-refractivity contribution is 5.44. The van der Waals surface area contributed by atoms with Gasteiger partial charge in [-0.05, 0) is 17.7 Å². The summed E-state index contributed by atoms with van der Waals surface area (Å²) in [5.74, 6) is 1.47. The fourth-order valence-corrected chi connectivity index (χ4v) is 1.52. The molecule has 1 aromatic rings. The molecule has 0 aromatic heterocycles. The minimum absolute atomic E-state index is 0.0698. The average molecular weight is 209 g/mol. The number of nitrogens with two attached hydrogens (primary N) is 1. The van der Waals surface area contributed by atoms with Crippen LogP contribution >= 0.6 is 0 Å². The molecule has 0 aliphatic carbocycles. The van der Waals surface area contributed by atoms with Crippen molar-refractivity contribution in [1.82, 2.24) is 0 Å². The van der Waals surface area contributed by atoms with E-state index < -0.39 is 0 Å². The van der Waals surface area contributed by atoms with Crippen molar-refractivity contribution in [2.24, 2.45) is 5.73 Å². The molecule has 1 heterocycles. The molecule has 0 bridgehead atoms. The van der Waals surface area contributed by atoms with E-state index in [2.05, 4.69) is 0 Å². The van der Waals surface area contributed by atoms with Gasteiger partial charge < -0.3 is 20.3 Å². The molecule has 1 aliphatic heterocycles. The first-order valence-corrected chi connectivity index (χ1v) is 5.07. The van der Waals surface area contributed by atoms with Gasteiger partial charge in [0.2, 0.25) is 0 Å². The minimum Gasteiger partial charge on any atom is -0.490 e. The van der Waals surface area contributed by atoms with Gasteiger partial charge in [-0.25, -0.2) is 0 Å². The molecule has 0 amide bonds. The predicted octanol–water partition coefficient (Wildman–Crippen LogP) is 0.840. The standard InChI is InChI=1S/C11H15NO3/c12-9(7-13)8-2-3-10-11(6-8)15-5-1-4-14-10/h2-3,6,9,13H,1,4-5,7,12H2/t9-/m0/s1. The van der Waals surface area contributed by atoms with Gasteiger partial charge in [-0.1, -0.05) is 6.07 Å². The van der Waals surface area contributed by atoms with Crippen LogP contribution in [0.15, 0.2) is 18.2 Å². The normalized spacial score (nSPS) is 16.9. The van der Waals surface area contributed by atoms with Crippen LogP contribution in [0, 0.1) is 0 Å². The lowest BCUT2D eigenvalue weighted by Gasteiger charge is -2.12. The zero-order valence-corrected chi connectivity index (χ0v) is 8.48. The zero-order chi connectivity index (χ0) is 10.7. The Morgan fingerprint density at radius 3 is 2.73 bits per heavy atom. The molecule has 1 aliphatic rings. The first kappa shape index (κ1) is 10.3. The second-order valence-electron chi connectivity index (χ2n) is 3.55. The van der Waals surface area contributed by atoms with Gasteiger partial charge in [0.1, 0.15) is 0 Å². The largest absolute Gasteiger partial charge is 0.490 e. The molecule has 82 valence electrons. The van der Waals surface area contributed by atoms with Crippen LogP contribution in [0.4, 0.5) is 0 Å². The number of ether oxygens (including phenoxy) is 2. The van der Waals surface area contributed by atoms with Gasteiger partial charge in [-0.3, -0.25) is 0 Å². The van der Waals surface area contributed by atoms with Crippen molar-refractivity contribution in [3.8, 4) is 11.5 Å². The molecular formula is C11H15NO3. The molecule has 15 heavy (non-hydrogen) atoms. The number of fused-ring (bicyclic) bond motifs is 1. The third-order valence-corrected chi connectivity index (χ3v) is 2.40. The lowest BCUT2D eigenvalue weighted by molar-refractivity contribution is 0.267. The van der Waals surface area contributed by atoms with E-state index in [9.17, 15) is 0 Å². The number of hydrogen-bond donors (Lipinski definition) is 2. The van der Waals surface area contributed by atoms with E-state index >= 15 is 0 Å². The first-order chi connectivity index (χ1) is 7.31. The monoisotopic (exact) mass is 209 g/mol. The molecule has 0 radical (unpaired) electrons. The number of aliphatic hydroxyl groups excluding tert-OH is 1. The SMILES string of the molecule is N[C@@H](CO)c1ccc2c(c1)OCCCO2. The highest BCUT2D eigenvalue weighted by atomic mass is 16.5. The molecule has 1 atom stereocenters. The lowest BCUT2D eigenvalue weighted by Crippen LogP contribution is -2.14. The molecule has 4 nitrogen and oxygen atoms in total. The summed E-state index contributed by atoms with van der Waals surface area (Å²) >= 11 is 0. The molecule has 0 saturated heterocycles. The summed E-state index contributed by atoms with van der Waals surface area (Å²) in [7, 11) is 0. The molecule has 1 aromatic carbocycles. The molecular weight excluding hydrogens is 194 g/mol. The van der Waals surface area contributed by atoms with Gasteiger partial charge in [0.25, 0.3) is 0 Å². The van der Waals surface area contributed by atoms with Gasteiger partial charge in [0.05, 0.1) is 25.9 Å². The Bertz CT molecular complexity index is 341. The van der Waals surface area contributed by atoms with E-state index in [0.717, 1.165) is 17.7 Å². The molecule has 0 spiro atoms. The minimum atomic E-state index is -0.359. The van der Waals surface area contributed by atoms with Crippen LogP contribution in [0.25, 0.3) is 0 Å². The number of aliphatic hydroxyl groups is 1. The molecule has 3 N–H and O–H groups in total. The van der Waals surface area contributed by atoms with Crippen molar-refractivity contribution in [3.63, 3.8) is 0 Å². The van der Waals surface area contributed by atoms with E-state index in [1.165, 1.54) is 0 Å². The third kappa shape index (κ3) is 2.22. The van der Waals surface area contributed by atoms with Crippen molar-refractivity contribution in [3.05, 3.63) is 23.8 Å². The Hall–Kier alpha value is -1.26. The van der Waals surface area contributed by atoms with Crippen LogP contribution in [0.2, 0.25) is 0 Å². The van der Waals surface area contributed by atoms with Crippen molar-refractivity contribution < 1.29 is 14.6 Å². The molecule has 0 fully saturated rings. The predicted molar refractivity (Wildman–Crippen MR) is 56.1 cm³/mol. The number of benzene rings is 1. The van der Waals surface area contributed by atoms with E-state index in [1.807, 2.05) is 18.2 Å². The van der Waals surface area contributed by atoms with Crippen molar-refractivity contribution in [2.75, 3.05) is 19.8 Å². The van der Waals surface area contributed by atoms with E-state index in [4.69, 9.17) is 20.3 Å². The van der Waals surface area contributed by atoms with Crippen LogP contribution in [0.3, 0.4) is 0 Å². The highest BCUT2D eigenvalue weighted by Gasteiger charge is 2.13. The van der Waals surface area contributed by atoms with Gasteiger partial charge in [-0.15, -0.1) is 0 Å². The van der Waals surface area contributed by atoms with E-state index in [-0.39, 0.29) is 12.6 Å². The van der Waals surface area contributed by atoms with Gasteiger partial charge in [0, 0.05) is 6.42 Å². The Kier molecular flexibility index (Phi) is 3.08. The third-order valence-electron chi connectivity index (χ3n) is 2.40. The maximum atomic E-state index is 8.95. The molecule has 0 saturated carbocycles. The number of rotatable bonds is 2. The summed E-state index contributed by atoms with van der Waals surface area (Å²) in [4.78, 5) is 0. The second kappa shape index (κ2) is 4.51. The highest BCUT2D eigenvalue weighted by Crippen LogP contribution is 2.31. The lowest BCUT2D eigenvalue weighted by atomic mass is 10.1. The maximum Gasteiger partial charge on any atom is 0.161 e. The summed E-state index contributed by atoms with van der Waals surface area (Å²) < 4.78 is 11.0. The van der Waals surface area contributed by atoms with Gasteiger partial charge >= 0.3 is 0 Å². The number of hydrogen-bond acceptors (Lipinski definition) is 4. The Balaban J connectivity index is 2.27. The fourth-order valence-electron chi connectivity index (χ4n) is 1.52. The van der Waals surface area contributed by atoms with Crippen LogP contribution in [0.1, 0.15) is 18.0 Å². The van der Waals surface area contributed by atoms with Crippen molar-refractivity contribution in [1.29, 1.82) is 0 Å². The molecule has 0 unspecified atom stereocenters. The van der Waals surface area contributed by atoms with E-state index in [1.54, 1.807) is 0 Å². The smallest absolute Gasteiger partial charge is 0.161 e. The average Bonchev–Trinajstić information content (AvgIpc) is 2.51. The first-order valence-electron chi connectivity index (χ1n) is 5.07. The quantitative estimate of drug-likeness (QED) is 0.757. The summed E-state index contributed by atoms with van der Waals surface area (Å²) in [6.07, 6.45) is 0.885. The van der Waals surface area contributed by atoms with Crippen LogP contribution in [-0.2, 0) is 0 Å². The van der Waals surface area contributed by atoms with Crippen LogP contribution in [0.5, 0.6) is 11.5 Å². The summed E-state index contributed by atoms with van der Waals surface area (Å²) in [6, 6.07) is 5.17. The van der Waals surface area contributed by atoms with E-state index in [0.29, 0.717) is 19.0 Å². The summed E-state index contributed by atoms with van der Waals surface area (Å²) in [6.45, 7) is 1.27. The maximum absolute atomic E-state index is 8.95. The molecule has 4 heteroatoms. The topological polar surface area (TPSA) is 64.7 Å². The van der Waals surface area contributed by atoms with Crippen molar-refractivity contribution in [2.45, 2.75) is 12.5 Å². The Labute approximate surface area is 88.6 Å². The van der Waals surface area contributed by atoms with Crippen molar-refractivity contribution >= 4 is 0 Å². The van der Waals surface area contributed by atoms with Crippen LogP contribution < -0.4 is 15.2 Å².